The number of nitrogens with zero attached hydrogens (tertiary/aromatic N) is 1. The number of carbonyl (C=O) groups excluding carboxylic acids is 1. The summed E-state index contributed by atoms with van der Waals surface area (Å²) in [6, 6.07) is 0.0236. The third-order valence-electron chi connectivity index (χ3n) is 3.10. The van der Waals surface area contributed by atoms with Crippen LogP contribution in [-0.4, -0.2) is 61.8 Å². The highest BCUT2D eigenvalue weighted by atomic mass is 16.7. The van der Waals surface area contributed by atoms with Crippen LogP contribution >= 0.6 is 0 Å². The molecule has 0 spiro atoms. The molecule has 0 heterocycles. The van der Waals surface area contributed by atoms with E-state index in [0.29, 0.717) is 13.1 Å². The zero-order valence-corrected chi connectivity index (χ0v) is 15.6. The highest BCUT2D eigenvalue weighted by Gasteiger charge is 2.30. The molecule has 0 radical (unpaired) electrons. The molecule has 0 fully saturated rings. The fourth-order valence-electron chi connectivity index (χ4n) is 2.02. The summed E-state index contributed by atoms with van der Waals surface area (Å²) in [4.78, 5) is 14.1. The van der Waals surface area contributed by atoms with Gasteiger partial charge in [-0.2, -0.15) is 0 Å². The van der Waals surface area contributed by atoms with Crippen molar-refractivity contribution in [2.24, 2.45) is 0 Å². The van der Waals surface area contributed by atoms with Gasteiger partial charge in [-0.05, 0) is 48.5 Å². The van der Waals surface area contributed by atoms with Crippen molar-refractivity contribution in [2.45, 2.75) is 71.9 Å². The second-order valence-electron chi connectivity index (χ2n) is 7.39. The van der Waals surface area contributed by atoms with Gasteiger partial charge in [0, 0.05) is 32.8 Å². The van der Waals surface area contributed by atoms with Crippen LogP contribution in [0, 0.1) is 0 Å². The third kappa shape index (κ3) is 7.96. The molecular weight excluding hydrogens is 284 g/mol. The Labute approximate surface area is 135 Å². The summed E-state index contributed by atoms with van der Waals surface area (Å²) in [7, 11) is 3.21. The quantitative estimate of drug-likeness (QED) is 0.731. The van der Waals surface area contributed by atoms with E-state index in [-0.39, 0.29) is 24.0 Å². The van der Waals surface area contributed by atoms with E-state index in [1.807, 2.05) is 48.5 Å². The SMILES string of the molecule is COC(OC)C(C)NCCN(C(=O)OC(C)(C)C)C(C)(C)C. The van der Waals surface area contributed by atoms with E-state index in [0.717, 1.165) is 0 Å². The van der Waals surface area contributed by atoms with Gasteiger partial charge in [0.1, 0.15) is 5.60 Å². The van der Waals surface area contributed by atoms with Gasteiger partial charge < -0.3 is 24.4 Å². The monoisotopic (exact) mass is 318 g/mol. The highest BCUT2D eigenvalue weighted by molar-refractivity contribution is 5.69. The maximum Gasteiger partial charge on any atom is 0.410 e. The normalized spacial score (nSPS) is 14.1. The number of rotatable bonds is 7. The molecule has 132 valence electrons. The Kier molecular flexibility index (Phi) is 8.36. The number of methoxy groups -OCH3 is 2. The number of amides is 1. The Morgan fingerprint density at radius 2 is 1.59 bits per heavy atom. The number of ether oxygens (including phenoxy) is 3. The molecule has 0 aromatic rings. The summed E-state index contributed by atoms with van der Waals surface area (Å²) < 4.78 is 15.9. The largest absolute Gasteiger partial charge is 0.444 e. The van der Waals surface area contributed by atoms with Crippen molar-refractivity contribution in [3.8, 4) is 0 Å². The first-order valence-corrected chi connectivity index (χ1v) is 7.72. The average molecular weight is 318 g/mol. The molecule has 1 atom stereocenters. The number of hydrogen-bond acceptors (Lipinski definition) is 5. The van der Waals surface area contributed by atoms with Crippen LogP contribution in [-0.2, 0) is 14.2 Å². The number of hydrogen-bond donors (Lipinski definition) is 1. The van der Waals surface area contributed by atoms with Crippen molar-refractivity contribution >= 4 is 6.09 Å². The highest BCUT2D eigenvalue weighted by Crippen LogP contribution is 2.18. The van der Waals surface area contributed by atoms with E-state index in [1.54, 1.807) is 19.1 Å². The molecule has 0 rings (SSSR count). The molecule has 0 saturated carbocycles. The summed E-state index contributed by atoms with van der Waals surface area (Å²) in [6.45, 7) is 14.7. The van der Waals surface area contributed by atoms with Gasteiger partial charge >= 0.3 is 6.09 Å². The molecule has 0 aromatic carbocycles. The average Bonchev–Trinajstić information content (AvgIpc) is 2.32. The van der Waals surface area contributed by atoms with Crippen LogP contribution in [0.3, 0.4) is 0 Å². The van der Waals surface area contributed by atoms with Gasteiger partial charge in [0.05, 0.1) is 6.04 Å². The molecule has 0 aliphatic rings. The fourth-order valence-corrected chi connectivity index (χ4v) is 2.02. The maximum absolute atomic E-state index is 12.4. The maximum atomic E-state index is 12.4. The van der Waals surface area contributed by atoms with E-state index in [9.17, 15) is 4.79 Å². The molecule has 0 bridgehead atoms. The molecule has 6 heteroatoms. The molecule has 1 amide bonds. The zero-order chi connectivity index (χ0) is 17.6. The van der Waals surface area contributed by atoms with Gasteiger partial charge in [0.25, 0.3) is 0 Å². The van der Waals surface area contributed by atoms with Crippen molar-refractivity contribution in [2.75, 3.05) is 27.3 Å². The van der Waals surface area contributed by atoms with Crippen LogP contribution in [0.15, 0.2) is 0 Å². The first kappa shape index (κ1) is 21.1. The van der Waals surface area contributed by atoms with Gasteiger partial charge in [0.2, 0.25) is 0 Å². The second kappa shape index (κ2) is 8.70. The van der Waals surface area contributed by atoms with Crippen molar-refractivity contribution in [3.63, 3.8) is 0 Å². The standard InChI is InChI=1S/C16H34N2O4/c1-12(13(20-8)21-9)17-10-11-18(15(2,3)4)14(19)22-16(5,6)7/h12-13,17H,10-11H2,1-9H3. The van der Waals surface area contributed by atoms with Gasteiger partial charge in [-0.3, -0.25) is 0 Å². The predicted molar refractivity (Wildman–Crippen MR) is 88.0 cm³/mol. The van der Waals surface area contributed by atoms with Crippen LogP contribution in [0.25, 0.3) is 0 Å². The van der Waals surface area contributed by atoms with Gasteiger partial charge in [-0.15, -0.1) is 0 Å². The van der Waals surface area contributed by atoms with Gasteiger partial charge in [-0.25, -0.2) is 4.79 Å². The lowest BCUT2D eigenvalue weighted by Crippen LogP contribution is -2.51. The predicted octanol–water partition coefficient (Wildman–Crippen LogP) is 2.62. The molecule has 1 unspecified atom stereocenters. The summed E-state index contributed by atoms with van der Waals surface area (Å²) in [5.41, 5.74) is -0.812. The Morgan fingerprint density at radius 1 is 1.09 bits per heavy atom. The van der Waals surface area contributed by atoms with Gasteiger partial charge in [0.15, 0.2) is 6.29 Å². The Morgan fingerprint density at radius 3 is 1.95 bits per heavy atom. The van der Waals surface area contributed by atoms with Crippen LogP contribution in [0.1, 0.15) is 48.5 Å². The first-order chi connectivity index (χ1) is 9.92. The van der Waals surface area contributed by atoms with E-state index in [2.05, 4.69) is 5.32 Å². The van der Waals surface area contributed by atoms with Crippen LogP contribution in [0.5, 0.6) is 0 Å². The van der Waals surface area contributed by atoms with Crippen molar-refractivity contribution in [3.05, 3.63) is 0 Å². The second-order valence-corrected chi connectivity index (χ2v) is 7.39. The van der Waals surface area contributed by atoms with E-state index in [4.69, 9.17) is 14.2 Å². The fraction of sp³-hybridized carbons (Fsp3) is 0.938. The third-order valence-corrected chi connectivity index (χ3v) is 3.10. The van der Waals surface area contributed by atoms with Crippen molar-refractivity contribution in [1.29, 1.82) is 0 Å². The summed E-state index contributed by atoms with van der Waals surface area (Å²) in [5.74, 6) is 0. The molecule has 0 aliphatic carbocycles. The summed E-state index contributed by atoms with van der Waals surface area (Å²) >= 11 is 0. The van der Waals surface area contributed by atoms with E-state index in [1.165, 1.54) is 0 Å². The van der Waals surface area contributed by atoms with Crippen LogP contribution < -0.4 is 5.32 Å². The molecular formula is C16H34N2O4. The van der Waals surface area contributed by atoms with Crippen LogP contribution in [0.4, 0.5) is 4.79 Å². The lowest BCUT2D eigenvalue weighted by molar-refractivity contribution is -0.119. The minimum absolute atomic E-state index is 0.0236. The van der Waals surface area contributed by atoms with E-state index >= 15 is 0 Å². The molecule has 0 aliphatic heterocycles. The van der Waals surface area contributed by atoms with Crippen molar-refractivity contribution < 1.29 is 19.0 Å². The topological polar surface area (TPSA) is 60.0 Å². The molecule has 1 N–H and O–H groups in total. The summed E-state index contributed by atoms with van der Waals surface area (Å²) in [5, 5.41) is 3.31. The first-order valence-electron chi connectivity index (χ1n) is 7.72. The molecule has 22 heavy (non-hydrogen) atoms. The minimum Gasteiger partial charge on any atom is -0.444 e. The lowest BCUT2D eigenvalue weighted by Gasteiger charge is -2.37. The van der Waals surface area contributed by atoms with Crippen molar-refractivity contribution in [1.82, 2.24) is 10.2 Å². The smallest absolute Gasteiger partial charge is 0.410 e. The zero-order valence-electron chi connectivity index (χ0n) is 15.6. The number of carbonyl (C=O) groups is 1. The lowest BCUT2D eigenvalue weighted by atomic mass is 10.1. The van der Waals surface area contributed by atoms with Crippen LogP contribution in [0.2, 0.25) is 0 Å². The molecule has 0 aromatic heterocycles. The number of nitrogens with one attached hydrogen (secondary N) is 1. The Hall–Kier alpha value is -0.850. The van der Waals surface area contributed by atoms with Gasteiger partial charge in [-0.1, -0.05) is 0 Å². The summed E-state index contributed by atoms with van der Waals surface area (Å²) in [6.07, 6.45) is -0.617. The minimum atomic E-state index is -0.501. The van der Waals surface area contributed by atoms with E-state index < -0.39 is 5.60 Å². The molecule has 0 saturated heterocycles. The molecule has 6 nitrogen and oxygen atoms in total. The Balaban J connectivity index is 4.60. The Bertz CT molecular complexity index is 330.